The molecule has 2 amide bonds. The first-order valence-corrected chi connectivity index (χ1v) is 7.80. The van der Waals surface area contributed by atoms with Crippen molar-refractivity contribution in [2.24, 2.45) is 5.92 Å². The molecule has 1 rings (SSSR count). The van der Waals surface area contributed by atoms with Gasteiger partial charge in [0.1, 0.15) is 5.82 Å². The van der Waals surface area contributed by atoms with E-state index in [0.29, 0.717) is 6.54 Å². The lowest BCUT2D eigenvalue weighted by atomic mass is 9.97. The van der Waals surface area contributed by atoms with Gasteiger partial charge in [0.25, 0.3) is 0 Å². The standard InChI is InChI=1S/C16H28N4O2/c1-5-12(6-2)14(21)11-18-16(22)17-10-13-8-7-9-15(19-13)20(3)4/h7-9,12,14,21H,5-6,10-11H2,1-4H3,(H2,17,18,22). The molecule has 0 saturated heterocycles. The molecule has 1 unspecified atom stereocenters. The number of aromatic nitrogens is 1. The number of nitrogens with zero attached hydrogens (tertiary/aromatic N) is 2. The molecule has 1 aromatic heterocycles. The van der Waals surface area contributed by atoms with E-state index in [1.165, 1.54) is 0 Å². The Bertz CT molecular complexity index is 461. The van der Waals surface area contributed by atoms with E-state index >= 15 is 0 Å². The molecule has 0 fully saturated rings. The van der Waals surface area contributed by atoms with Crippen molar-refractivity contribution < 1.29 is 9.90 Å². The summed E-state index contributed by atoms with van der Waals surface area (Å²) in [6.45, 7) is 4.71. The van der Waals surface area contributed by atoms with Crippen LogP contribution in [0.5, 0.6) is 0 Å². The molecule has 0 radical (unpaired) electrons. The van der Waals surface area contributed by atoms with Crippen LogP contribution in [0.15, 0.2) is 18.2 Å². The monoisotopic (exact) mass is 308 g/mol. The summed E-state index contributed by atoms with van der Waals surface area (Å²) in [5.41, 5.74) is 0.793. The third kappa shape index (κ3) is 5.89. The van der Waals surface area contributed by atoms with Gasteiger partial charge < -0.3 is 20.6 Å². The summed E-state index contributed by atoms with van der Waals surface area (Å²) < 4.78 is 0. The van der Waals surface area contributed by atoms with Gasteiger partial charge in [0.15, 0.2) is 0 Å². The van der Waals surface area contributed by atoms with Crippen molar-refractivity contribution in [1.29, 1.82) is 0 Å². The number of aliphatic hydroxyl groups is 1. The molecule has 1 atom stereocenters. The number of hydrogen-bond donors (Lipinski definition) is 3. The first-order chi connectivity index (χ1) is 10.5. The minimum Gasteiger partial charge on any atom is -0.391 e. The van der Waals surface area contributed by atoms with Crippen LogP contribution in [-0.4, -0.2) is 42.9 Å². The number of rotatable bonds is 8. The molecule has 6 heteroatoms. The third-order valence-electron chi connectivity index (χ3n) is 3.74. The highest BCUT2D eigenvalue weighted by molar-refractivity contribution is 5.73. The minimum atomic E-state index is -0.504. The Morgan fingerprint density at radius 1 is 1.27 bits per heavy atom. The molecule has 6 nitrogen and oxygen atoms in total. The quantitative estimate of drug-likeness (QED) is 0.684. The van der Waals surface area contributed by atoms with Crippen LogP contribution in [0.1, 0.15) is 32.4 Å². The molecule has 124 valence electrons. The SMILES string of the molecule is CCC(CC)C(O)CNC(=O)NCc1cccc(N(C)C)n1. The largest absolute Gasteiger partial charge is 0.391 e. The van der Waals surface area contributed by atoms with E-state index in [9.17, 15) is 9.90 Å². The van der Waals surface area contributed by atoms with Crippen LogP contribution < -0.4 is 15.5 Å². The molecule has 0 aliphatic heterocycles. The molecular formula is C16H28N4O2. The summed E-state index contributed by atoms with van der Waals surface area (Å²) in [5, 5.41) is 15.4. The summed E-state index contributed by atoms with van der Waals surface area (Å²) in [6.07, 6.45) is 1.31. The maximum absolute atomic E-state index is 11.8. The van der Waals surface area contributed by atoms with Gasteiger partial charge in [-0.05, 0) is 18.1 Å². The molecule has 1 aromatic rings. The van der Waals surface area contributed by atoms with E-state index in [1.807, 2.05) is 51.0 Å². The number of urea groups is 1. The van der Waals surface area contributed by atoms with Crippen LogP contribution in [-0.2, 0) is 6.54 Å². The lowest BCUT2D eigenvalue weighted by Crippen LogP contribution is -2.41. The topological polar surface area (TPSA) is 77.5 Å². The van der Waals surface area contributed by atoms with Crippen molar-refractivity contribution in [3.8, 4) is 0 Å². The van der Waals surface area contributed by atoms with Crippen LogP contribution in [0.4, 0.5) is 10.6 Å². The van der Waals surface area contributed by atoms with E-state index in [4.69, 9.17) is 0 Å². The number of aliphatic hydroxyl groups excluding tert-OH is 1. The Kier molecular flexibility index (Phi) is 7.66. The van der Waals surface area contributed by atoms with Crippen LogP contribution in [0.3, 0.4) is 0 Å². The van der Waals surface area contributed by atoms with Crippen molar-refractivity contribution in [2.45, 2.75) is 39.3 Å². The Labute approximate surface area is 132 Å². The fourth-order valence-corrected chi connectivity index (χ4v) is 2.24. The second-order valence-electron chi connectivity index (χ2n) is 5.59. The second kappa shape index (κ2) is 9.25. The zero-order valence-electron chi connectivity index (χ0n) is 14.0. The van der Waals surface area contributed by atoms with E-state index in [2.05, 4.69) is 15.6 Å². The van der Waals surface area contributed by atoms with Gasteiger partial charge in [0, 0.05) is 20.6 Å². The first kappa shape index (κ1) is 18.2. The molecule has 0 bridgehead atoms. The summed E-state index contributed by atoms with van der Waals surface area (Å²) in [5.74, 6) is 1.07. The average molecular weight is 308 g/mol. The van der Waals surface area contributed by atoms with Gasteiger partial charge in [-0.25, -0.2) is 9.78 Å². The van der Waals surface area contributed by atoms with Crippen molar-refractivity contribution in [3.05, 3.63) is 23.9 Å². The number of nitrogens with one attached hydrogen (secondary N) is 2. The van der Waals surface area contributed by atoms with Gasteiger partial charge in [-0.1, -0.05) is 32.8 Å². The summed E-state index contributed by atoms with van der Waals surface area (Å²) in [7, 11) is 3.84. The number of carbonyl (C=O) groups excluding carboxylic acids is 1. The van der Waals surface area contributed by atoms with Crippen LogP contribution in [0.25, 0.3) is 0 Å². The lowest BCUT2D eigenvalue weighted by Gasteiger charge is -2.20. The first-order valence-electron chi connectivity index (χ1n) is 7.80. The molecule has 0 spiro atoms. The number of anilines is 1. The third-order valence-corrected chi connectivity index (χ3v) is 3.74. The molecule has 0 saturated carbocycles. The lowest BCUT2D eigenvalue weighted by molar-refractivity contribution is 0.103. The van der Waals surface area contributed by atoms with Gasteiger partial charge in [0.05, 0.1) is 18.3 Å². The van der Waals surface area contributed by atoms with E-state index in [0.717, 1.165) is 24.4 Å². The number of carbonyl (C=O) groups is 1. The van der Waals surface area contributed by atoms with E-state index < -0.39 is 6.10 Å². The van der Waals surface area contributed by atoms with Gasteiger partial charge in [-0.3, -0.25) is 0 Å². The fraction of sp³-hybridized carbons (Fsp3) is 0.625. The Balaban J connectivity index is 2.38. The summed E-state index contributed by atoms with van der Waals surface area (Å²) in [4.78, 5) is 18.1. The Hall–Kier alpha value is -1.82. The zero-order valence-corrected chi connectivity index (χ0v) is 14.0. The maximum atomic E-state index is 11.8. The number of hydrogen-bond acceptors (Lipinski definition) is 4. The predicted octanol–water partition coefficient (Wildman–Crippen LogP) is 1.74. The van der Waals surface area contributed by atoms with Gasteiger partial charge in [-0.2, -0.15) is 0 Å². The molecule has 0 aliphatic carbocycles. The highest BCUT2D eigenvalue weighted by atomic mass is 16.3. The van der Waals surface area contributed by atoms with E-state index in [-0.39, 0.29) is 18.5 Å². The molecule has 0 aliphatic rings. The normalized spacial score (nSPS) is 12.1. The van der Waals surface area contributed by atoms with Crippen molar-refractivity contribution in [1.82, 2.24) is 15.6 Å². The summed E-state index contributed by atoms with van der Waals surface area (Å²) >= 11 is 0. The van der Waals surface area contributed by atoms with Crippen LogP contribution >= 0.6 is 0 Å². The van der Waals surface area contributed by atoms with Crippen molar-refractivity contribution >= 4 is 11.8 Å². The maximum Gasteiger partial charge on any atom is 0.315 e. The average Bonchev–Trinajstić information content (AvgIpc) is 2.52. The van der Waals surface area contributed by atoms with Crippen LogP contribution in [0.2, 0.25) is 0 Å². The minimum absolute atomic E-state index is 0.221. The Morgan fingerprint density at radius 3 is 2.55 bits per heavy atom. The van der Waals surface area contributed by atoms with Gasteiger partial charge in [-0.15, -0.1) is 0 Å². The molecule has 0 aromatic carbocycles. The highest BCUT2D eigenvalue weighted by Crippen LogP contribution is 2.12. The van der Waals surface area contributed by atoms with Gasteiger partial charge >= 0.3 is 6.03 Å². The van der Waals surface area contributed by atoms with Crippen molar-refractivity contribution in [2.75, 3.05) is 25.5 Å². The molecule has 22 heavy (non-hydrogen) atoms. The molecule has 1 heterocycles. The van der Waals surface area contributed by atoms with Crippen molar-refractivity contribution in [3.63, 3.8) is 0 Å². The van der Waals surface area contributed by atoms with Gasteiger partial charge in [0.2, 0.25) is 0 Å². The Morgan fingerprint density at radius 2 is 1.95 bits per heavy atom. The predicted molar refractivity (Wildman–Crippen MR) is 88.9 cm³/mol. The molecule has 3 N–H and O–H groups in total. The van der Waals surface area contributed by atoms with Crippen LogP contribution in [0, 0.1) is 5.92 Å². The highest BCUT2D eigenvalue weighted by Gasteiger charge is 2.16. The second-order valence-corrected chi connectivity index (χ2v) is 5.59. The number of pyridine rings is 1. The fourth-order valence-electron chi connectivity index (χ4n) is 2.24. The number of amides is 2. The zero-order chi connectivity index (χ0) is 16.5. The smallest absolute Gasteiger partial charge is 0.315 e. The summed E-state index contributed by atoms with van der Waals surface area (Å²) in [6, 6.07) is 5.40. The molecular weight excluding hydrogens is 280 g/mol. The van der Waals surface area contributed by atoms with E-state index in [1.54, 1.807) is 0 Å².